The van der Waals surface area contributed by atoms with E-state index in [2.05, 4.69) is 9.71 Å². The van der Waals surface area contributed by atoms with E-state index >= 15 is 0 Å². The molecule has 0 spiro atoms. The van der Waals surface area contributed by atoms with Gasteiger partial charge in [0.15, 0.2) is 0 Å². The second-order valence-corrected chi connectivity index (χ2v) is 6.55. The van der Waals surface area contributed by atoms with E-state index in [1.54, 1.807) is 17.5 Å². The number of nitrogens with zero attached hydrogens (tertiary/aromatic N) is 1. The van der Waals surface area contributed by atoms with Crippen molar-refractivity contribution in [3.63, 3.8) is 0 Å². The van der Waals surface area contributed by atoms with Crippen LogP contribution in [0.25, 0.3) is 0 Å². The Hall–Kier alpha value is -0.460. The number of aromatic nitrogens is 1. The highest BCUT2D eigenvalue weighted by atomic mass is 32.2. The normalized spacial score (nSPS) is 11.9. The van der Waals surface area contributed by atoms with Gasteiger partial charge in [-0.15, -0.1) is 11.3 Å². The summed E-state index contributed by atoms with van der Waals surface area (Å²) in [6, 6.07) is 0. The van der Waals surface area contributed by atoms with Gasteiger partial charge in [-0.2, -0.15) is 0 Å². The highest BCUT2D eigenvalue weighted by molar-refractivity contribution is 7.89. The average molecular weight is 248 g/mol. The highest BCUT2D eigenvalue weighted by Crippen LogP contribution is 2.11. The molecule has 0 bridgehead atoms. The molecule has 4 nitrogen and oxygen atoms in total. The number of thiazole rings is 1. The Bertz CT molecular complexity index is 398. The SMILES string of the molecule is CCCS(=O)(=O)NCCc1cnc(C)s1. The first-order chi connectivity index (χ1) is 7.03. The lowest BCUT2D eigenvalue weighted by molar-refractivity contribution is 0.580. The van der Waals surface area contributed by atoms with Crippen LogP contribution in [0.15, 0.2) is 6.20 Å². The van der Waals surface area contributed by atoms with Crippen molar-refractivity contribution in [2.24, 2.45) is 0 Å². The largest absolute Gasteiger partial charge is 0.250 e. The summed E-state index contributed by atoms with van der Waals surface area (Å²) in [5, 5.41) is 1.02. The molecule has 86 valence electrons. The van der Waals surface area contributed by atoms with Crippen LogP contribution in [0.5, 0.6) is 0 Å². The molecule has 6 heteroatoms. The Morgan fingerprint density at radius 2 is 2.27 bits per heavy atom. The second kappa shape index (κ2) is 5.58. The molecule has 1 N–H and O–H groups in total. The summed E-state index contributed by atoms with van der Waals surface area (Å²) < 4.78 is 25.2. The van der Waals surface area contributed by atoms with Gasteiger partial charge in [0.2, 0.25) is 10.0 Å². The Labute approximate surface area is 94.8 Å². The molecule has 0 aliphatic carbocycles. The van der Waals surface area contributed by atoms with Crippen LogP contribution >= 0.6 is 11.3 Å². The van der Waals surface area contributed by atoms with E-state index in [0.29, 0.717) is 19.4 Å². The lowest BCUT2D eigenvalue weighted by atomic mass is 10.4. The van der Waals surface area contributed by atoms with Crippen LogP contribution in [-0.2, 0) is 16.4 Å². The Morgan fingerprint density at radius 3 is 2.80 bits per heavy atom. The first kappa shape index (κ1) is 12.6. The molecule has 0 aliphatic heterocycles. The van der Waals surface area contributed by atoms with Crippen molar-refractivity contribution in [1.29, 1.82) is 0 Å². The van der Waals surface area contributed by atoms with Crippen molar-refractivity contribution in [2.45, 2.75) is 26.7 Å². The molecular weight excluding hydrogens is 232 g/mol. The van der Waals surface area contributed by atoms with Crippen LogP contribution in [0.1, 0.15) is 23.2 Å². The van der Waals surface area contributed by atoms with Crippen molar-refractivity contribution in [2.75, 3.05) is 12.3 Å². The first-order valence-corrected chi connectivity index (χ1v) is 7.39. The molecule has 0 saturated carbocycles. The fourth-order valence-electron chi connectivity index (χ4n) is 1.19. The van der Waals surface area contributed by atoms with Gasteiger partial charge >= 0.3 is 0 Å². The van der Waals surface area contributed by atoms with Crippen LogP contribution in [0.3, 0.4) is 0 Å². The predicted octanol–water partition coefficient (Wildman–Crippen LogP) is 1.32. The summed E-state index contributed by atoms with van der Waals surface area (Å²) in [6.07, 6.45) is 3.16. The minimum Gasteiger partial charge on any atom is -0.250 e. The number of aryl methyl sites for hydroxylation is 1. The third-order valence-electron chi connectivity index (χ3n) is 1.84. The molecule has 0 aromatic carbocycles. The van der Waals surface area contributed by atoms with Crippen molar-refractivity contribution in [1.82, 2.24) is 9.71 Å². The first-order valence-electron chi connectivity index (χ1n) is 4.92. The summed E-state index contributed by atoms with van der Waals surface area (Å²) in [5.41, 5.74) is 0. The zero-order valence-electron chi connectivity index (χ0n) is 8.99. The molecule has 1 aromatic heterocycles. The Balaban J connectivity index is 2.33. The van der Waals surface area contributed by atoms with E-state index < -0.39 is 10.0 Å². The smallest absolute Gasteiger partial charge is 0.211 e. The molecule has 15 heavy (non-hydrogen) atoms. The van der Waals surface area contributed by atoms with Gasteiger partial charge in [0.05, 0.1) is 10.8 Å². The van der Waals surface area contributed by atoms with Crippen molar-refractivity contribution in [3.05, 3.63) is 16.1 Å². The van der Waals surface area contributed by atoms with Crippen molar-refractivity contribution in [3.8, 4) is 0 Å². The Kier molecular flexibility index (Phi) is 4.69. The van der Waals surface area contributed by atoms with Gasteiger partial charge in [0.1, 0.15) is 0 Å². The van der Waals surface area contributed by atoms with Gasteiger partial charge in [-0.3, -0.25) is 0 Å². The maximum atomic E-state index is 11.3. The topological polar surface area (TPSA) is 59.1 Å². The quantitative estimate of drug-likeness (QED) is 0.826. The van der Waals surface area contributed by atoms with Gasteiger partial charge in [-0.05, 0) is 19.8 Å². The second-order valence-electron chi connectivity index (χ2n) is 3.31. The lowest BCUT2D eigenvalue weighted by Crippen LogP contribution is -2.27. The summed E-state index contributed by atoms with van der Waals surface area (Å²) in [5.74, 6) is 0.203. The predicted molar refractivity (Wildman–Crippen MR) is 62.6 cm³/mol. The third-order valence-corrected chi connectivity index (χ3v) is 4.40. The van der Waals surface area contributed by atoms with Crippen molar-refractivity contribution < 1.29 is 8.42 Å². The minimum atomic E-state index is -3.06. The molecule has 0 atom stereocenters. The van der Waals surface area contributed by atoms with Crippen LogP contribution in [-0.4, -0.2) is 25.7 Å². The molecule has 0 radical (unpaired) electrons. The summed E-state index contributed by atoms with van der Waals surface area (Å²) in [7, 11) is -3.06. The monoisotopic (exact) mass is 248 g/mol. The number of rotatable bonds is 6. The van der Waals surface area contributed by atoms with E-state index in [9.17, 15) is 8.42 Å². The summed E-state index contributed by atoms with van der Waals surface area (Å²) in [4.78, 5) is 5.23. The van der Waals surface area contributed by atoms with Gasteiger partial charge in [0.25, 0.3) is 0 Å². The number of nitrogens with one attached hydrogen (secondary N) is 1. The van der Waals surface area contributed by atoms with E-state index in [1.807, 2.05) is 13.8 Å². The zero-order chi connectivity index (χ0) is 11.3. The molecule has 0 saturated heterocycles. The number of hydrogen-bond acceptors (Lipinski definition) is 4. The van der Waals surface area contributed by atoms with Crippen LogP contribution in [0.4, 0.5) is 0 Å². The molecule has 1 heterocycles. The number of hydrogen-bond donors (Lipinski definition) is 1. The molecular formula is C9H16N2O2S2. The van der Waals surface area contributed by atoms with Gasteiger partial charge in [-0.1, -0.05) is 6.92 Å². The average Bonchev–Trinajstić information content (AvgIpc) is 2.51. The third kappa shape index (κ3) is 4.72. The molecule has 0 amide bonds. The van der Waals surface area contributed by atoms with E-state index in [0.717, 1.165) is 9.88 Å². The Morgan fingerprint density at radius 1 is 1.53 bits per heavy atom. The van der Waals surface area contributed by atoms with Gasteiger partial charge in [-0.25, -0.2) is 18.1 Å². The van der Waals surface area contributed by atoms with Crippen LogP contribution < -0.4 is 4.72 Å². The van der Waals surface area contributed by atoms with Crippen LogP contribution in [0.2, 0.25) is 0 Å². The summed E-state index contributed by atoms with van der Waals surface area (Å²) in [6.45, 7) is 4.26. The van der Waals surface area contributed by atoms with E-state index in [1.165, 1.54) is 0 Å². The molecule has 0 fully saturated rings. The fraction of sp³-hybridized carbons (Fsp3) is 0.667. The van der Waals surface area contributed by atoms with E-state index in [4.69, 9.17) is 0 Å². The zero-order valence-corrected chi connectivity index (χ0v) is 10.6. The maximum absolute atomic E-state index is 11.3. The molecule has 0 aliphatic rings. The summed E-state index contributed by atoms with van der Waals surface area (Å²) >= 11 is 1.61. The van der Waals surface area contributed by atoms with Gasteiger partial charge in [0, 0.05) is 17.6 Å². The molecule has 1 rings (SSSR count). The standard InChI is InChI=1S/C9H16N2O2S2/c1-3-6-15(12,13)11-5-4-9-7-10-8(2)14-9/h7,11H,3-6H2,1-2H3. The molecule has 1 aromatic rings. The molecule has 0 unspecified atom stereocenters. The lowest BCUT2D eigenvalue weighted by Gasteiger charge is -2.03. The highest BCUT2D eigenvalue weighted by Gasteiger charge is 2.07. The number of sulfonamides is 1. The fourth-order valence-corrected chi connectivity index (χ4v) is 3.08. The van der Waals surface area contributed by atoms with Gasteiger partial charge < -0.3 is 0 Å². The van der Waals surface area contributed by atoms with Crippen molar-refractivity contribution >= 4 is 21.4 Å². The van der Waals surface area contributed by atoms with Crippen LogP contribution in [0, 0.1) is 6.92 Å². The maximum Gasteiger partial charge on any atom is 0.211 e. The minimum absolute atomic E-state index is 0.203. The van der Waals surface area contributed by atoms with E-state index in [-0.39, 0.29) is 5.75 Å².